The zero-order chi connectivity index (χ0) is 18.8. The molecular weight excluding hydrogens is 342 g/mol. The summed E-state index contributed by atoms with van der Waals surface area (Å²) in [6.45, 7) is 1.29. The summed E-state index contributed by atoms with van der Waals surface area (Å²) in [6, 6.07) is 12.7. The van der Waals surface area contributed by atoms with Crippen molar-refractivity contribution in [2.24, 2.45) is 7.05 Å². The first kappa shape index (κ1) is 17.0. The molecule has 2 aromatic heterocycles. The van der Waals surface area contributed by atoms with Gasteiger partial charge in [-0.2, -0.15) is 10.2 Å². The number of piperidine rings is 1. The van der Waals surface area contributed by atoms with E-state index in [0.717, 1.165) is 18.5 Å². The van der Waals surface area contributed by atoms with Crippen molar-refractivity contribution in [2.45, 2.75) is 18.8 Å². The van der Waals surface area contributed by atoms with Crippen molar-refractivity contribution in [3.63, 3.8) is 0 Å². The second-order valence-corrected chi connectivity index (χ2v) is 6.72. The lowest BCUT2D eigenvalue weighted by Crippen LogP contribution is -2.38. The normalized spacial score (nSPS) is 14.9. The Morgan fingerprint density at radius 2 is 1.96 bits per heavy atom. The molecule has 0 spiro atoms. The maximum absolute atomic E-state index is 12.6. The maximum atomic E-state index is 12.6. The summed E-state index contributed by atoms with van der Waals surface area (Å²) in [5.74, 6) is 1.38. The number of aromatic nitrogens is 3. The average Bonchev–Trinajstić information content (AvgIpc) is 3.36. The van der Waals surface area contributed by atoms with Crippen LogP contribution in [0.1, 0.15) is 40.6 Å². The van der Waals surface area contributed by atoms with Gasteiger partial charge in [-0.05, 0) is 49.2 Å². The standard InChI is InChI=1S/C20H19N5O2/c1-24-10-2-3-17(24)18-22-19(27-23-18)15-8-11-25(12-9-15)20(26)16-6-4-14(13-21)5-7-16/h2-7,10,15H,8-9,11-12H2,1H3. The van der Waals surface area contributed by atoms with E-state index in [4.69, 9.17) is 9.78 Å². The monoisotopic (exact) mass is 361 g/mol. The molecule has 0 aliphatic carbocycles. The van der Waals surface area contributed by atoms with E-state index in [1.165, 1.54) is 0 Å². The number of hydrogen-bond acceptors (Lipinski definition) is 5. The van der Waals surface area contributed by atoms with Gasteiger partial charge < -0.3 is 14.0 Å². The number of carbonyl (C=O) groups excluding carboxylic acids is 1. The second-order valence-electron chi connectivity index (χ2n) is 6.72. The van der Waals surface area contributed by atoms with Crippen LogP contribution in [0.5, 0.6) is 0 Å². The van der Waals surface area contributed by atoms with Crippen LogP contribution in [0.2, 0.25) is 0 Å². The van der Waals surface area contributed by atoms with Gasteiger partial charge in [-0.15, -0.1) is 0 Å². The lowest BCUT2D eigenvalue weighted by Gasteiger charge is -2.30. The lowest BCUT2D eigenvalue weighted by atomic mass is 9.96. The van der Waals surface area contributed by atoms with E-state index in [1.807, 2.05) is 34.8 Å². The summed E-state index contributed by atoms with van der Waals surface area (Å²) in [4.78, 5) is 19.0. The van der Waals surface area contributed by atoms with E-state index in [2.05, 4.69) is 16.2 Å². The minimum Gasteiger partial charge on any atom is -0.348 e. The molecule has 3 aromatic rings. The third kappa shape index (κ3) is 3.34. The summed E-state index contributed by atoms with van der Waals surface area (Å²) in [6.07, 6.45) is 3.52. The third-order valence-electron chi connectivity index (χ3n) is 5.01. The molecule has 7 nitrogen and oxygen atoms in total. The fraction of sp³-hybridized carbons (Fsp3) is 0.300. The van der Waals surface area contributed by atoms with E-state index in [0.29, 0.717) is 35.9 Å². The van der Waals surface area contributed by atoms with Gasteiger partial charge in [-0.3, -0.25) is 4.79 Å². The molecule has 7 heteroatoms. The van der Waals surface area contributed by atoms with Gasteiger partial charge in [0.1, 0.15) is 0 Å². The largest absolute Gasteiger partial charge is 0.348 e. The SMILES string of the molecule is Cn1cccc1-c1noc(C2CCN(C(=O)c3ccc(C#N)cc3)CC2)n1. The second kappa shape index (κ2) is 7.08. The summed E-state index contributed by atoms with van der Waals surface area (Å²) in [5, 5.41) is 13.0. The molecule has 136 valence electrons. The van der Waals surface area contributed by atoms with E-state index in [1.54, 1.807) is 24.3 Å². The van der Waals surface area contributed by atoms with Crippen molar-refractivity contribution in [2.75, 3.05) is 13.1 Å². The Hall–Kier alpha value is -3.40. The van der Waals surface area contributed by atoms with Crippen LogP contribution in [-0.4, -0.2) is 38.6 Å². The minimum atomic E-state index is -0.00651. The summed E-state index contributed by atoms with van der Waals surface area (Å²) < 4.78 is 7.43. The molecule has 1 amide bonds. The van der Waals surface area contributed by atoms with Gasteiger partial charge >= 0.3 is 0 Å². The Kier molecular flexibility index (Phi) is 4.47. The molecular formula is C20H19N5O2. The first-order chi connectivity index (χ1) is 13.2. The number of nitrogens with zero attached hydrogens (tertiary/aromatic N) is 5. The van der Waals surface area contributed by atoms with E-state index in [9.17, 15) is 4.79 Å². The Labute approximate surface area is 156 Å². The Morgan fingerprint density at radius 3 is 2.59 bits per heavy atom. The molecule has 1 aromatic carbocycles. The number of benzene rings is 1. The average molecular weight is 361 g/mol. The smallest absolute Gasteiger partial charge is 0.253 e. The maximum Gasteiger partial charge on any atom is 0.253 e. The number of rotatable bonds is 3. The zero-order valence-electron chi connectivity index (χ0n) is 15.0. The first-order valence-electron chi connectivity index (χ1n) is 8.90. The van der Waals surface area contributed by atoms with Gasteiger partial charge in [-0.1, -0.05) is 5.16 Å². The molecule has 4 rings (SSSR count). The Bertz CT molecular complexity index is 988. The first-order valence-corrected chi connectivity index (χ1v) is 8.90. The number of amides is 1. The molecule has 1 fully saturated rings. The molecule has 1 saturated heterocycles. The zero-order valence-corrected chi connectivity index (χ0v) is 15.0. The molecule has 0 N–H and O–H groups in total. The highest BCUT2D eigenvalue weighted by Gasteiger charge is 2.28. The number of nitriles is 1. The molecule has 1 aliphatic rings. The van der Waals surface area contributed by atoms with Crippen LogP contribution in [0, 0.1) is 11.3 Å². The van der Waals surface area contributed by atoms with Crippen molar-refractivity contribution in [3.8, 4) is 17.6 Å². The van der Waals surface area contributed by atoms with Gasteiger partial charge in [0.05, 0.1) is 17.3 Å². The molecule has 0 radical (unpaired) electrons. The van der Waals surface area contributed by atoms with Crippen molar-refractivity contribution in [3.05, 3.63) is 59.6 Å². The molecule has 1 aliphatic heterocycles. The van der Waals surface area contributed by atoms with Gasteiger partial charge in [0.2, 0.25) is 11.7 Å². The van der Waals surface area contributed by atoms with E-state index < -0.39 is 0 Å². The predicted molar refractivity (Wildman–Crippen MR) is 97.7 cm³/mol. The lowest BCUT2D eigenvalue weighted by molar-refractivity contribution is 0.0704. The van der Waals surface area contributed by atoms with Crippen molar-refractivity contribution >= 4 is 5.91 Å². The van der Waals surface area contributed by atoms with Crippen LogP contribution in [0.3, 0.4) is 0 Å². The molecule has 0 bridgehead atoms. The van der Waals surface area contributed by atoms with Crippen molar-refractivity contribution in [1.29, 1.82) is 5.26 Å². The third-order valence-corrected chi connectivity index (χ3v) is 5.01. The van der Waals surface area contributed by atoms with Gasteiger partial charge in [0.25, 0.3) is 5.91 Å². The highest BCUT2D eigenvalue weighted by Crippen LogP contribution is 2.29. The topological polar surface area (TPSA) is 88.0 Å². The molecule has 0 saturated carbocycles. The fourth-order valence-electron chi connectivity index (χ4n) is 3.40. The van der Waals surface area contributed by atoms with Gasteiger partial charge in [-0.25, -0.2) is 0 Å². The van der Waals surface area contributed by atoms with Crippen LogP contribution in [0.25, 0.3) is 11.5 Å². The van der Waals surface area contributed by atoms with Crippen LogP contribution in [-0.2, 0) is 7.05 Å². The fourth-order valence-corrected chi connectivity index (χ4v) is 3.40. The van der Waals surface area contributed by atoms with Crippen LogP contribution in [0.4, 0.5) is 0 Å². The predicted octanol–water partition coefficient (Wildman–Crippen LogP) is 2.97. The highest BCUT2D eigenvalue weighted by atomic mass is 16.5. The minimum absolute atomic E-state index is 0.00651. The number of hydrogen-bond donors (Lipinski definition) is 0. The van der Waals surface area contributed by atoms with Gasteiger partial charge in [0, 0.05) is 37.8 Å². The van der Waals surface area contributed by atoms with Crippen molar-refractivity contribution in [1.82, 2.24) is 19.6 Å². The molecule has 0 unspecified atom stereocenters. The quantitative estimate of drug-likeness (QED) is 0.716. The van der Waals surface area contributed by atoms with Crippen LogP contribution in [0.15, 0.2) is 47.1 Å². The Morgan fingerprint density at radius 1 is 1.22 bits per heavy atom. The summed E-state index contributed by atoms with van der Waals surface area (Å²) in [7, 11) is 1.94. The molecule has 27 heavy (non-hydrogen) atoms. The molecule has 3 heterocycles. The number of carbonyl (C=O) groups is 1. The molecule has 0 atom stereocenters. The van der Waals surface area contributed by atoms with Crippen molar-refractivity contribution < 1.29 is 9.32 Å². The van der Waals surface area contributed by atoms with Crippen LogP contribution < -0.4 is 0 Å². The highest BCUT2D eigenvalue weighted by molar-refractivity contribution is 5.94. The summed E-state index contributed by atoms with van der Waals surface area (Å²) >= 11 is 0. The summed E-state index contributed by atoms with van der Waals surface area (Å²) in [5.41, 5.74) is 2.07. The van der Waals surface area contributed by atoms with Gasteiger partial charge in [0.15, 0.2) is 0 Å². The van der Waals surface area contributed by atoms with Crippen LogP contribution >= 0.6 is 0 Å². The number of likely N-dealkylation sites (tertiary alicyclic amines) is 1. The Balaban J connectivity index is 1.40. The van der Waals surface area contributed by atoms with E-state index >= 15 is 0 Å². The number of aryl methyl sites for hydroxylation is 1. The van der Waals surface area contributed by atoms with E-state index in [-0.39, 0.29) is 11.8 Å².